The Bertz CT molecular complexity index is 777. The van der Waals surface area contributed by atoms with E-state index >= 15 is 0 Å². The quantitative estimate of drug-likeness (QED) is 0.357. The van der Waals surface area contributed by atoms with E-state index in [0.29, 0.717) is 21.4 Å². The lowest BCUT2D eigenvalue weighted by Gasteiger charge is -2.28. The van der Waals surface area contributed by atoms with Gasteiger partial charge < -0.3 is 24.8 Å². The Labute approximate surface area is 186 Å². The molecule has 2 aromatic carbocycles. The van der Waals surface area contributed by atoms with E-state index in [1.807, 2.05) is 36.4 Å². The normalized spacial score (nSPS) is 13.8. The van der Waals surface area contributed by atoms with Gasteiger partial charge in [-0.25, -0.2) is 0 Å². The minimum atomic E-state index is -0.905. The van der Waals surface area contributed by atoms with Crippen LogP contribution in [0.3, 0.4) is 0 Å². The minimum absolute atomic E-state index is 0.0304. The van der Waals surface area contributed by atoms with Gasteiger partial charge in [-0.15, -0.1) is 11.6 Å². The zero-order valence-electron chi connectivity index (χ0n) is 16.4. The van der Waals surface area contributed by atoms with Crippen molar-refractivity contribution in [2.75, 3.05) is 25.7 Å². The molecule has 5 nitrogen and oxygen atoms in total. The second-order valence-corrected chi connectivity index (χ2v) is 8.46. The topological polar surface area (TPSA) is 79.2 Å². The molecule has 2 aromatic rings. The molecule has 0 bridgehead atoms. The number of hydrogen-bond acceptors (Lipinski definition) is 5. The van der Waals surface area contributed by atoms with Crippen LogP contribution in [0.1, 0.15) is 25.0 Å². The molecule has 156 valence electrons. The summed E-state index contributed by atoms with van der Waals surface area (Å²) in [5.74, 6) is 1.17. The standard InChI is InChI=1S/C21H25BBrClO5/c1-21(2,13-3-5-17(6-4-13)28-12-16(27)10-25)14-7-18(22)20(19(23)8-14)29-11-15(26)9-24/h3-8,15-16,25-27H,9-12H2,1-2H3/t15-,16+/m1/s1. The summed E-state index contributed by atoms with van der Waals surface area (Å²) in [6, 6.07) is 11.4. The monoisotopic (exact) mass is 482 g/mol. The number of aliphatic hydroxyl groups excluding tert-OH is 3. The molecule has 2 atom stereocenters. The van der Waals surface area contributed by atoms with Crippen molar-refractivity contribution in [2.24, 2.45) is 0 Å². The molecule has 3 N–H and O–H groups in total. The van der Waals surface area contributed by atoms with Gasteiger partial charge in [-0.1, -0.05) is 37.5 Å². The van der Waals surface area contributed by atoms with E-state index in [1.165, 1.54) is 0 Å². The molecule has 0 heterocycles. The predicted octanol–water partition coefficient (Wildman–Crippen LogP) is 2.28. The van der Waals surface area contributed by atoms with Crippen LogP contribution < -0.4 is 14.9 Å². The molecule has 0 saturated carbocycles. The highest BCUT2D eigenvalue weighted by molar-refractivity contribution is 9.10. The molecule has 2 rings (SSSR count). The Kier molecular flexibility index (Phi) is 8.85. The van der Waals surface area contributed by atoms with Crippen LogP contribution in [0, 0.1) is 0 Å². The molecule has 0 aliphatic heterocycles. The van der Waals surface area contributed by atoms with Crippen molar-refractivity contribution in [2.45, 2.75) is 31.5 Å². The Morgan fingerprint density at radius 2 is 1.66 bits per heavy atom. The number of rotatable bonds is 10. The molecular formula is C21H25BBrClO5. The number of hydrogen-bond donors (Lipinski definition) is 3. The maximum absolute atomic E-state index is 9.59. The summed E-state index contributed by atoms with van der Waals surface area (Å²) in [7, 11) is 6.20. The van der Waals surface area contributed by atoms with Crippen LogP contribution in [-0.4, -0.2) is 61.1 Å². The molecule has 8 heteroatoms. The van der Waals surface area contributed by atoms with Gasteiger partial charge in [-0.05, 0) is 45.3 Å². The first-order chi connectivity index (χ1) is 13.7. The van der Waals surface area contributed by atoms with Crippen LogP contribution in [-0.2, 0) is 5.41 Å². The Morgan fingerprint density at radius 3 is 2.21 bits per heavy atom. The van der Waals surface area contributed by atoms with Gasteiger partial charge in [-0.3, -0.25) is 0 Å². The van der Waals surface area contributed by atoms with Gasteiger partial charge in [0.1, 0.15) is 44.8 Å². The summed E-state index contributed by atoms with van der Waals surface area (Å²) in [5.41, 5.74) is 2.14. The van der Waals surface area contributed by atoms with Gasteiger partial charge in [0, 0.05) is 5.41 Å². The van der Waals surface area contributed by atoms with E-state index in [4.69, 9.17) is 34.0 Å². The smallest absolute Gasteiger partial charge is 0.126 e. The molecular weight excluding hydrogens is 458 g/mol. The van der Waals surface area contributed by atoms with Gasteiger partial charge in [0.2, 0.25) is 0 Å². The first kappa shape index (κ1) is 24.0. The second-order valence-electron chi connectivity index (χ2n) is 7.29. The zero-order valence-corrected chi connectivity index (χ0v) is 18.8. The lowest BCUT2D eigenvalue weighted by Crippen LogP contribution is -2.25. The van der Waals surface area contributed by atoms with Gasteiger partial charge in [-0.2, -0.15) is 0 Å². The summed E-state index contributed by atoms with van der Waals surface area (Å²) in [6.07, 6.45) is -1.67. The first-order valence-corrected chi connectivity index (χ1v) is 10.5. The van der Waals surface area contributed by atoms with Crippen molar-refractivity contribution >= 4 is 40.8 Å². The van der Waals surface area contributed by atoms with Crippen molar-refractivity contribution in [3.05, 3.63) is 52.0 Å². The fourth-order valence-electron chi connectivity index (χ4n) is 2.73. The van der Waals surface area contributed by atoms with E-state index in [9.17, 15) is 10.2 Å². The van der Waals surface area contributed by atoms with Crippen LogP contribution in [0.2, 0.25) is 0 Å². The number of halogens is 2. The molecule has 0 aliphatic carbocycles. The van der Waals surface area contributed by atoms with Crippen molar-refractivity contribution in [1.82, 2.24) is 0 Å². The lowest BCUT2D eigenvalue weighted by molar-refractivity contribution is 0.0536. The molecule has 2 radical (unpaired) electrons. The predicted molar refractivity (Wildman–Crippen MR) is 119 cm³/mol. The minimum Gasteiger partial charge on any atom is -0.491 e. The van der Waals surface area contributed by atoms with Gasteiger partial charge in [0.05, 0.1) is 17.0 Å². The maximum Gasteiger partial charge on any atom is 0.126 e. The Morgan fingerprint density at radius 1 is 1.03 bits per heavy atom. The maximum atomic E-state index is 9.59. The summed E-state index contributed by atoms with van der Waals surface area (Å²) in [5, 5.41) is 27.8. The van der Waals surface area contributed by atoms with E-state index in [-0.39, 0.29) is 31.1 Å². The van der Waals surface area contributed by atoms with Crippen LogP contribution >= 0.6 is 27.5 Å². The van der Waals surface area contributed by atoms with Crippen LogP contribution in [0.4, 0.5) is 0 Å². The second kappa shape index (κ2) is 10.7. The van der Waals surface area contributed by atoms with Crippen molar-refractivity contribution < 1.29 is 24.8 Å². The SMILES string of the molecule is [B]c1cc(C(C)(C)c2ccc(OC[C@@H](O)CO)cc2)cc(Br)c1OC[C@H](O)CCl. The summed E-state index contributed by atoms with van der Waals surface area (Å²) >= 11 is 9.10. The summed E-state index contributed by atoms with van der Waals surface area (Å²) < 4.78 is 11.8. The molecule has 0 fully saturated rings. The van der Waals surface area contributed by atoms with E-state index in [0.717, 1.165) is 11.1 Å². The molecule has 0 aliphatic rings. The number of benzene rings is 2. The van der Waals surface area contributed by atoms with Gasteiger partial charge >= 0.3 is 0 Å². The van der Waals surface area contributed by atoms with E-state index < -0.39 is 12.2 Å². The van der Waals surface area contributed by atoms with E-state index in [2.05, 4.69) is 29.8 Å². The molecule has 0 amide bonds. The van der Waals surface area contributed by atoms with Crippen molar-refractivity contribution in [1.29, 1.82) is 0 Å². The fraction of sp³-hybridized carbons (Fsp3) is 0.429. The number of aliphatic hydroxyl groups is 3. The third-order valence-corrected chi connectivity index (χ3v) is 5.57. The van der Waals surface area contributed by atoms with Crippen LogP contribution in [0.15, 0.2) is 40.9 Å². The van der Waals surface area contributed by atoms with Gasteiger partial charge in [0.25, 0.3) is 0 Å². The molecule has 0 saturated heterocycles. The highest BCUT2D eigenvalue weighted by Gasteiger charge is 2.25. The summed E-state index contributed by atoms with van der Waals surface area (Å²) in [4.78, 5) is 0. The van der Waals surface area contributed by atoms with E-state index in [1.54, 1.807) is 0 Å². The molecule has 0 spiro atoms. The lowest BCUT2D eigenvalue weighted by atomic mass is 9.76. The fourth-order valence-corrected chi connectivity index (χ4v) is 3.41. The van der Waals surface area contributed by atoms with Crippen LogP contribution in [0.5, 0.6) is 11.5 Å². The third-order valence-electron chi connectivity index (χ3n) is 4.62. The highest BCUT2D eigenvalue weighted by Crippen LogP contribution is 2.35. The largest absolute Gasteiger partial charge is 0.491 e. The molecule has 0 unspecified atom stereocenters. The third kappa shape index (κ3) is 6.36. The molecule has 29 heavy (non-hydrogen) atoms. The first-order valence-electron chi connectivity index (χ1n) is 9.17. The highest BCUT2D eigenvalue weighted by atomic mass is 79.9. The average Bonchev–Trinajstić information content (AvgIpc) is 2.71. The van der Waals surface area contributed by atoms with Crippen molar-refractivity contribution in [3.8, 4) is 11.5 Å². The zero-order chi connectivity index (χ0) is 21.6. The van der Waals surface area contributed by atoms with Gasteiger partial charge in [0.15, 0.2) is 0 Å². The van der Waals surface area contributed by atoms with Crippen LogP contribution in [0.25, 0.3) is 0 Å². The number of alkyl halides is 1. The molecule has 0 aromatic heterocycles. The Hall–Kier alpha value is -1.25. The Balaban J connectivity index is 2.19. The summed E-state index contributed by atoms with van der Waals surface area (Å²) in [6.45, 7) is 3.91. The number of ether oxygens (including phenoxy) is 2. The van der Waals surface area contributed by atoms with Crippen molar-refractivity contribution in [3.63, 3.8) is 0 Å². The average molecular weight is 484 g/mol.